The van der Waals surface area contributed by atoms with E-state index in [1.165, 1.54) is 4.90 Å². The van der Waals surface area contributed by atoms with Gasteiger partial charge in [-0.3, -0.25) is 9.59 Å². The Labute approximate surface area is 178 Å². The van der Waals surface area contributed by atoms with E-state index in [4.69, 9.17) is 16.3 Å². The summed E-state index contributed by atoms with van der Waals surface area (Å²) in [5, 5.41) is 3.48. The highest BCUT2D eigenvalue weighted by Crippen LogP contribution is 2.18. The molecule has 0 heterocycles. The molecule has 0 fully saturated rings. The molecular formula is C23H29ClN2O3. The van der Waals surface area contributed by atoms with Gasteiger partial charge in [-0.2, -0.15) is 0 Å². The molecule has 1 atom stereocenters. The van der Waals surface area contributed by atoms with Crippen molar-refractivity contribution >= 4 is 23.4 Å². The van der Waals surface area contributed by atoms with Gasteiger partial charge in [-0.1, -0.05) is 55.8 Å². The lowest BCUT2D eigenvalue weighted by molar-refractivity contribution is -0.142. The Hall–Kier alpha value is -2.53. The van der Waals surface area contributed by atoms with E-state index in [1.54, 1.807) is 19.1 Å². The van der Waals surface area contributed by atoms with Gasteiger partial charge in [-0.25, -0.2) is 0 Å². The first-order valence-corrected chi connectivity index (χ1v) is 10.2. The van der Waals surface area contributed by atoms with Crippen molar-refractivity contribution in [2.24, 2.45) is 5.92 Å². The molecule has 0 aliphatic rings. The standard InChI is InChI=1S/C23H29ClN2O3/c1-16(2)13-25-23(28)18(4)26(14-19-9-7-10-20(24)12-19)22(27)15-29-21-11-6-5-8-17(21)3/h5-12,16,18H,13-15H2,1-4H3,(H,25,28). The predicted molar refractivity (Wildman–Crippen MR) is 116 cm³/mol. The molecule has 156 valence electrons. The topological polar surface area (TPSA) is 58.6 Å². The van der Waals surface area contributed by atoms with Crippen LogP contribution in [-0.4, -0.2) is 35.9 Å². The van der Waals surface area contributed by atoms with Crippen LogP contribution in [0.2, 0.25) is 5.02 Å². The van der Waals surface area contributed by atoms with Gasteiger partial charge in [0.15, 0.2) is 6.61 Å². The molecule has 1 unspecified atom stereocenters. The minimum atomic E-state index is -0.638. The van der Waals surface area contributed by atoms with Crippen LogP contribution in [0.25, 0.3) is 0 Å². The Morgan fingerprint density at radius 2 is 1.83 bits per heavy atom. The summed E-state index contributed by atoms with van der Waals surface area (Å²) in [6, 6.07) is 14.2. The van der Waals surface area contributed by atoms with Crippen LogP contribution in [0.15, 0.2) is 48.5 Å². The number of amides is 2. The molecule has 2 aromatic rings. The SMILES string of the molecule is Cc1ccccc1OCC(=O)N(Cc1cccc(Cl)c1)C(C)C(=O)NCC(C)C. The van der Waals surface area contributed by atoms with Crippen molar-refractivity contribution in [1.82, 2.24) is 10.2 Å². The molecule has 29 heavy (non-hydrogen) atoms. The summed E-state index contributed by atoms with van der Waals surface area (Å²) in [6.07, 6.45) is 0. The second-order valence-electron chi connectivity index (χ2n) is 7.52. The van der Waals surface area contributed by atoms with Crippen LogP contribution >= 0.6 is 11.6 Å². The van der Waals surface area contributed by atoms with E-state index in [0.29, 0.717) is 23.2 Å². The van der Waals surface area contributed by atoms with Crippen molar-refractivity contribution in [1.29, 1.82) is 0 Å². The number of hydrogen-bond acceptors (Lipinski definition) is 3. The number of carbonyl (C=O) groups excluding carboxylic acids is 2. The van der Waals surface area contributed by atoms with Gasteiger partial charge in [0.05, 0.1) is 0 Å². The summed E-state index contributed by atoms with van der Waals surface area (Å²) < 4.78 is 5.72. The summed E-state index contributed by atoms with van der Waals surface area (Å²) in [7, 11) is 0. The highest BCUT2D eigenvalue weighted by molar-refractivity contribution is 6.30. The number of rotatable bonds is 9. The number of carbonyl (C=O) groups is 2. The molecule has 0 saturated heterocycles. The molecule has 0 radical (unpaired) electrons. The zero-order chi connectivity index (χ0) is 21.4. The second-order valence-corrected chi connectivity index (χ2v) is 7.96. The van der Waals surface area contributed by atoms with Gasteiger partial charge in [0, 0.05) is 18.1 Å². The normalized spacial score (nSPS) is 11.8. The van der Waals surface area contributed by atoms with Crippen molar-refractivity contribution in [3.05, 3.63) is 64.7 Å². The lowest BCUT2D eigenvalue weighted by atomic mass is 10.1. The first kappa shape index (κ1) is 22.8. The van der Waals surface area contributed by atoms with E-state index in [0.717, 1.165) is 11.1 Å². The van der Waals surface area contributed by atoms with Crippen molar-refractivity contribution in [3.8, 4) is 5.75 Å². The average molecular weight is 417 g/mol. The highest BCUT2D eigenvalue weighted by Gasteiger charge is 2.26. The zero-order valence-corrected chi connectivity index (χ0v) is 18.2. The lowest BCUT2D eigenvalue weighted by Crippen LogP contribution is -2.49. The maximum absolute atomic E-state index is 13.0. The number of aryl methyl sites for hydroxylation is 1. The van der Waals surface area contributed by atoms with Crippen molar-refractivity contribution in [2.75, 3.05) is 13.2 Å². The molecule has 0 saturated carbocycles. The van der Waals surface area contributed by atoms with E-state index < -0.39 is 6.04 Å². The molecule has 2 rings (SSSR count). The number of ether oxygens (including phenoxy) is 1. The summed E-state index contributed by atoms with van der Waals surface area (Å²) in [4.78, 5) is 27.1. The minimum Gasteiger partial charge on any atom is -0.484 e. The molecule has 1 N–H and O–H groups in total. The first-order valence-electron chi connectivity index (χ1n) is 9.78. The fourth-order valence-corrected chi connectivity index (χ4v) is 3.02. The largest absolute Gasteiger partial charge is 0.484 e. The lowest BCUT2D eigenvalue weighted by Gasteiger charge is -2.29. The Kier molecular flexibility index (Phi) is 8.52. The van der Waals surface area contributed by atoms with Crippen LogP contribution in [0.4, 0.5) is 0 Å². The quantitative estimate of drug-likeness (QED) is 0.665. The van der Waals surface area contributed by atoms with E-state index in [2.05, 4.69) is 5.32 Å². The number of benzene rings is 2. The zero-order valence-electron chi connectivity index (χ0n) is 17.4. The number of hydrogen-bond donors (Lipinski definition) is 1. The van der Waals surface area contributed by atoms with Crippen LogP contribution in [-0.2, 0) is 16.1 Å². The van der Waals surface area contributed by atoms with Crippen molar-refractivity contribution in [3.63, 3.8) is 0 Å². The molecule has 0 spiro atoms. The third-order valence-corrected chi connectivity index (χ3v) is 4.77. The van der Waals surface area contributed by atoms with E-state index in [-0.39, 0.29) is 25.0 Å². The Morgan fingerprint density at radius 3 is 2.48 bits per heavy atom. The van der Waals surface area contributed by atoms with Crippen LogP contribution in [0.5, 0.6) is 5.75 Å². The molecule has 0 bridgehead atoms. The summed E-state index contributed by atoms with van der Waals surface area (Å²) in [6.45, 7) is 8.38. The summed E-state index contributed by atoms with van der Waals surface area (Å²) >= 11 is 6.09. The van der Waals surface area contributed by atoms with E-state index >= 15 is 0 Å². The van der Waals surface area contributed by atoms with Gasteiger partial charge in [0.1, 0.15) is 11.8 Å². The molecule has 5 nitrogen and oxygen atoms in total. The minimum absolute atomic E-state index is 0.146. The molecule has 2 aromatic carbocycles. The Balaban J connectivity index is 2.14. The monoisotopic (exact) mass is 416 g/mol. The van der Waals surface area contributed by atoms with Gasteiger partial charge >= 0.3 is 0 Å². The summed E-state index contributed by atoms with van der Waals surface area (Å²) in [5.74, 6) is 0.526. The molecule has 6 heteroatoms. The molecule has 2 amide bonds. The third kappa shape index (κ3) is 7.09. The van der Waals surface area contributed by atoms with Gasteiger partial charge in [0.2, 0.25) is 5.91 Å². The van der Waals surface area contributed by atoms with Gasteiger partial charge in [-0.15, -0.1) is 0 Å². The van der Waals surface area contributed by atoms with Crippen LogP contribution in [0.3, 0.4) is 0 Å². The van der Waals surface area contributed by atoms with Crippen LogP contribution in [0.1, 0.15) is 31.9 Å². The number of para-hydroxylation sites is 1. The fraction of sp³-hybridized carbons (Fsp3) is 0.391. The maximum Gasteiger partial charge on any atom is 0.261 e. The maximum atomic E-state index is 13.0. The smallest absolute Gasteiger partial charge is 0.261 e. The number of nitrogens with zero attached hydrogens (tertiary/aromatic N) is 1. The van der Waals surface area contributed by atoms with Crippen LogP contribution < -0.4 is 10.1 Å². The predicted octanol–water partition coefficient (Wildman–Crippen LogP) is 4.22. The number of halogens is 1. The van der Waals surface area contributed by atoms with Gasteiger partial charge in [-0.05, 0) is 49.1 Å². The molecular weight excluding hydrogens is 388 g/mol. The van der Waals surface area contributed by atoms with Gasteiger partial charge < -0.3 is 15.0 Å². The third-order valence-electron chi connectivity index (χ3n) is 4.54. The van der Waals surface area contributed by atoms with Crippen LogP contribution in [0, 0.1) is 12.8 Å². The van der Waals surface area contributed by atoms with Gasteiger partial charge in [0.25, 0.3) is 5.91 Å². The fourth-order valence-electron chi connectivity index (χ4n) is 2.81. The van der Waals surface area contributed by atoms with Crippen molar-refractivity contribution in [2.45, 2.75) is 40.3 Å². The van der Waals surface area contributed by atoms with E-state index in [9.17, 15) is 9.59 Å². The second kappa shape index (κ2) is 10.9. The Morgan fingerprint density at radius 1 is 1.10 bits per heavy atom. The van der Waals surface area contributed by atoms with Crippen molar-refractivity contribution < 1.29 is 14.3 Å². The number of nitrogens with one attached hydrogen (secondary N) is 1. The molecule has 0 aliphatic carbocycles. The Bertz CT molecular complexity index is 838. The molecule has 0 aromatic heterocycles. The van der Waals surface area contributed by atoms with E-state index in [1.807, 2.05) is 57.2 Å². The summed E-state index contributed by atoms with van der Waals surface area (Å²) in [5.41, 5.74) is 1.80. The first-order chi connectivity index (χ1) is 13.8. The average Bonchev–Trinajstić information content (AvgIpc) is 2.69. The highest BCUT2D eigenvalue weighted by atomic mass is 35.5. The molecule has 0 aliphatic heterocycles.